The highest BCUT2D eigenvalue weighted by atomic mass is 16.1. The number of ketones is 1. The first-order chi connectivity index (χ1) is 16.3. The molecule has 1 aromatic carbocycles. The number of benzene rings is 1. The topological polar surface area (TPSA) is 17.1 Å². The summed E-state index contributed by atoms with van der Waals surface area (Å²) in [5.74, 6) is 5.06. The lowest BCUT2D eigenvalue weighted by atomic mass is 9.54. The van der Waals surface area contributed by atoms with Crippen LogP contribution in [-0.2, 0) is 4.79 Å². The predicted octanol–water partition coefficient (Wildman–Crippen LogP) is 9.29. The van der Waals surface area contributed by atoms with Gasteiger partial charge in [0.2, 0.25) is 0 Å². The normalized spacial score (nSPS) is 36.1. The van der Waals surface area contributed by atoms with Gasteiger partial charge in [-0.15, -0.1) is 0 Å². The number of hydrogen-bond donors (Lipinski definition) is 0. The largest absolute Gasteiger partial charge is 0.299 e. The average Bonchev–Trinajstić information content (AvgIpc) is 3.17. The van der Waals surface area contributed by atoms with Crippen molar-refractivity contribution in [3.8, 4) is 0 Å². The van der Waals surface area contributed by atoms with E-state index in [0.717, 1.165) is 36.5 Å². The maximum Gasteiger partial charge on any atom is 0.137 e. The first-order valence-corrected chi connectivity index (χ1v) is 14.2. The van der Waals surface area contributed by atoms with Crippen LogP contribution in [0.2, 0.25) is 0 Å². The fourth-order valence-electron chi connectivity index (χ4n) is 8.17. The summed E-state index contributed by atoms with van der Waals surface area (Å²) in [7, 11) is 0. The first-order valence-electron chi connectivity index (χ1n) is 14.2. The molecule has 0 bridgehead atoms. The standard InChI is InChI=1S/C33H48O/c1-23(2)10-9-11-25(4)31-18-19-32-30-17-16-28(34)22-27(26-12-7-6-8-13-26)15-14-24(3)29(30)20-21-33(31,32)5/h6-8,12-15,23,25,29-32H,9-11,16-22H2,1-5H3/b24-14-,27-15-/t25-,29-,30-,31-,32+,33-/m1/s1. The van der Waals surface area contributed by atoms with Gasteiger partial charge in [0.1, 0.15) is 5.78 Å². The molecule has 0 aromatic heterocycles. The summed E-state index contributed by atoms with van der Waals surface area (Å²) in [6.45, 7) is 12.3. The molecule has 3 aliphatic carbocycles. The van der Waals surface area contributed by atoms with Gasteiger partial charge in [0, 0.05) is 12.8 Å². The zero-order valence-corrected chi connectivity index (χ0v) is 22.5. The first kappa shape index (κ1) is 25.5. The molecule has 0 spiro atoms. The van der Waals surface area contributed by atoms with Crippen molar-refractivity contribution in [2.75, 3.05) is 0 Å². The van der Waals surface area contributed by atoms with Crippen molar-refractivity contribution in [2.45, 2.75) is 98.8 Å². The lowest BCUT2D eigenvalue weighted by Crippen LogP contribution is -2.43. The van der Waals surface area contributed by atoms with Crippen LogP contribution >= 0.6 is 0 Å². The van der Waals surface area contributed by atoms with Gasteiger partial charge < -0.3 is 0 Å². The molecular weight excluding hydrogens is 412 g/mol. The molecule has 0 saturated heterocycles. The summed E-state index contributed by atoms with van der Waals surface area (Å²) in [4.78, 5) is 13.1. The van der Waals surface area contributed by atoms with E-state index >= 15 is 0 Å². The van der Waals surface area contributed by atoms with Crippen molar-refractivity contribution >= 4 is 11.4 Å². The van der Waals surface area contributed by atoms with E-state index in [1.54, 1.807) is 5.57 Å². The van der Waals surface area contributed by atoms with E-state index in [9.17, 15) is 4.79 Å². The van der Waals surface area contributed by atoms with E-state index < -0.39 is 0 Å². The van der Waals surface area contributed by atoms with Crippen molar-refractivity contribution < 1.29 is 4.79 Å². The molecule has 0 N–H and O–H groups in total. The van der Waals surface area contributed by atoms with Crippen molar-refractivity contribution in [1.82, 2.24) is 0 Å². The van der Waals surface area contributed by atoms with Gasteiger partial charge in [-0.05, 0) is 91.1 Å². The molecule has 3 aliphatic rings. The molecular formula is C33H48O. The van der Waals surface area contributed by atoms with E-state index in [4.69, 9.17) is 0 Å². The number of rotatable bonds is 6. The number of carbonyl (C=O) groups is 1. The molecule has 0 amide bonds. The van der Waals surface area contributed by atoms with Crippen LogP contribution in [0.5, 0.6) is 0 Å². The van der Waals surface area contributed by atoms with Gasteiger partial charge in [-0.1, -0.05) is 95.0 Å². The minimum absolute atomic E-state index is 0.422. The lowest BCUT2D eigenvalue weighted by molar-refractivity contribution is -0.118. The van der Waals surface area contributed by atoms with E-state index in [2.05, 4.69) is 77.1 Å². The van der Waals surface area contributed by atoms with Crippen molar-refractivity contribution in [2.24, 2.45) is 40.9 Å². The van der Waals surface area contributed by atoms with Gasteiger partial charge in [-0.25, -0.2) is 0 Å². The van der Waals surface area contributed by atoms with Gasteiger partial charge in [0.25, 0.3) is 0 Å². The molecule has 0 heterocycles. The predicted molar refractivity (Wildman–Crippen MR) is 145 cm³/mol. The summed E-state index contributed by atoms with van der Waals surface area (Å²) in [5.41, 5.74) is 4.39. The van der Waals surface area contributed by atoms with Crippen LogP contribution < -0.4 is 0 Å². The monoisotopic (exact) mass is 460 g/mol. The van der Waals surface area contributed by atoms with Crippen LogP contribution in [0.15, 0.2) is 48.1 Å². The Morgan fingerprint density at radius 3 is 2.47 bits per heavy atom. The molecule has 2 fully saturated rings. The quantitative estimate of drug-likeness (QED) is 0.413. The Balaban J connectivity index is 1.54. The van der Waals surface area contributed by atoms with Crippen molar-refractivity contribution in [3.05, 3.63) is 53.6 Å². The molecule has 0 radical (unpaired) electrons. The fourth-order valence-corrected chi connectivity index (χ4v) is 8.17. The van der Waals surface area contributed by atoms with Gasteiger partial charge in [-0.2, -0.15) is 0 Å². The number of carbonyl (C=O) groups excluding carboxylic acids is 1. The Labute approximate surface area is 209 Å². The smallest absolute Gasteiger partial charge is 0.137 e. The van der Waals surface area contributed by atoms with Gasteiger partial charge in [0.15, 0.2) is 0 Å². The van der Waals surface area contributed by atoms with Gasteiger partial charge >= 0.3 is 0 Å². The maximum absolute atomic E-state index is 13.1. The molecule has 1 nitrogen and oxygen atoms in total. The van der Waals surface area contributed by atoms with E-state index in [0.29, 0.717) is 29.5 Å². The minimum Gasteiger partial charge on any atom is -0.299 e. The summed E-state index contributed by atoms with van der Waals surface area (Å²) in [5, 5.41) is 0. The molecule has 1 heteroatoms. The summed E-state index contributed by atoms with van der Waals surface area (Å²) >= 11 is 0. The molecule has 2 saturated carbocycles. The lowest BCUT2D eigenvalue weighted by Gasteiger charge is -2.50. The summed E-state index contributed by atoms with van der Waals surface area (Å²) < 4.78 is 0. The highest BCUT2D eigenvalue weighted by molar-refractivity contribution is 5.90. The maximum atomic E-state index is 13.1. The summed E-state index contributed by atoms with van der Waals surface area (Å²) in [6, 6.07) is 10.5. The van der Waals surface area contributed by atoms with Crippen molar-refractivity contribution in [1.29, 1.82) is 0 Å². The second-order valence-corrected chi connectivity index (χ2v) is 12.6. The number of allylic oxidation sites excluding steroid dienone is 4. The highest BCUT2D eigenvalue weighted by Crippen LogP contribution is 2.63. The molecule has 1 aromatic rings. The molecule has 6 atom stereocenters. The minimum atomic E-state index is 0.422. The molecule has 0 aliphatic heterocycles. The Morgan fingerprint density at radius 1 is 0.971 bits per heavy atom. The van der Waals surface area contributed by atoms with Gasteiger partial charge in [0.05, 0.1) is 0 Å². The van der Waals surface area contributed by atoms with Crippen molar-refractivity contribution in [3.63, 3.8) is 0 Å². The third-order valence-electron chi connectivity index (χ3n) is 10.1. The molecule has 0 unspecified atom stereocenters. The SMILES string of the molecule is C/C1=C/C=C(\c2ccccc2)CC(=O)CC[C@@H]2[C@@H]1CC[C@]1(C)[C@@H]([C@H](C)CCCC(C)C)CC[C@@H]21. The van der Waals surface area contributed by atoms with Crippen LogP contribution in [0, 0.1) is 40.9 Å². The number of Topliss-reactive ketones (excluding diaryl/α,β-unsaturated/α-hetero) is 1. The third kappa shape index (κ3) is 5.44. The van der Waals surface area contributed by atoms with E-state index in [-0.39, 0.29) is 0 Å². The van der Waals surface area contributed by atoms with Gasteiger partial charge in [-0.3, -0.25) is 4.79 Å². The molecule has 4 rings (SSSR count). The summed E-state index contributed by atoms with van der Waals surface area (Å²) in [6.07, 6.45) is 16.6. The second-order valence-electron chi connectivity index (χ2n) is 12.6. The Morgan fingerprint density at radius 2 is 1.74 bits per heavy atom. The zero-order chi connectivity index (χ0) is 24.3. The van der Waals surface area contributed by atoms with E-state index in [1.807, 2.05) is 0 Å². The zero-order valence-electron chi connectivity index (χ0n) is 22.5. The third-order valence-corrected chi connectivity index (χ3v) is 10.1. The average molecular weight is 461 g/mol. The Kier molecular flexibility index (Phi) is 8.21. The van der Waals surface area contributed by atoms with Crippen LogP contribution in [0.3, 0.4) is 0 Å². The number of fused-ring (bicyclic) bond motifs is 3. The molecule has 34 heavy (non-hydrogen) atoms. The highest BCUT2D eigenvalue weighted by Gasteiger charge is 2.54. The van der Waals surface area contributed by atoms with Crippen LogP contribution in [-0.4, -0.2) is 5.78 Å². The Hall–Kier alpha value is -1.63. The van der Waals surface area contributed by atoms with Crippen LogP contribution in [0.1, 0.15) is 104 Å². The van der Waals surface area contributed by atoms with E-state index in [1.165, 1.54) is 56.1 Å². The van der Waals surface area contributed by atoms with Crippen LogP contribution in [0.4, 0.5) is 0 Å². The number of hydrogen-bond acceptors (Lipinski definition) is 1. The molecule has 186 valence electrons. The Bertz CT molecular complexity index is 890. The fraction of sp³-hybridized carbons (Fsp3) is 0.667. The van der Waals surface area contributed by atoms with Crippen LogP contribution in [0.25, 0.3) is 5.57 Å². The second kappa shape index (κ2) is 11.0.